The van der Waals surface area contributed by atoms with Crippen LogP contribution >= 0.6 is 0 Å². The number of rotatable bonds is 3. The lowest BCUT2D eigenvalue weighted by atomic mass is 10.1. The highest BCUT2D eigenvalue weighted by atomic mass is 19.1. The highest BCUT2D eigenvalue weighted by molar-refractivity contribution is 5.97. The normalized spacial score (nSPS) is 21.0. The van der Waals surface area contributed by atoms with E-state index in [4.69, 9.17) is 5.73 Å². The van der Waals surface area contributed by atoms with Gasteiger partial charge in [-0.2, -0.15) is 5.10 Å². The fourth-order valence-electron chi connectivity index (χ4n) is 2.62. The lowest BCUT2D eigenvalue weighted by Crippen LogP contribution is -2.43. The molecule has 7 heteroatoms. The molecule has 2 N–H and O–H groups in total. The number of halogens is 1. The molecule has 1 fully saturated rings. The van der Waals surface area contributed by atoms with Crippen LogP contribution in [0.3, 0.4) is 0 Å². The number of nitrogens with two attached hydrogens (primary N) is 1. The zero-order chi connectivity index (χ0) is 15.7. The zero-order valence-electron chi connectivity index (χ0n) is 11.7. The van der Waals surface area contributed by atoms with Crippen molar-refractivity contribution >= 4 is 11.8 Å². The van der Waals surface area contributed by atoms with Gasteiger partial charge in [0, 0.05) is 24.4 Å². The van der Waals surface area contributed by atoms with E-state index in [0.717, 1.165) is 5.69 Å². The van der Waals surface area contributed by atoms with Crippen LogP contribution in [0, 0.1) is 0 Å². The molecule has 1 aliphatic heterocycles. The van der Waals surface area contributed by atoms with Crippen LogP contribution in [-0.4, -0.2) is 45.3 Å². The molecule has 1 aromatic heterocycles. The summed E-state index contributed by atoms with van der Waals surface area (Å²) in [6.45, 7) is -0.104. The second-order valence-corrected chi connectivity index (χ2v) is 5.21. The number of nitrogens with zero attached hydrogens (tertiary/aromatic N) is 3. The Hall–Kier alpha value is -2.70. The third kappa shape index (κ3) is 2.57. The van der Waals surface area contributed by atoms with E-state index in [1.807, 2.05) is 0 Å². The minimum absolute atomic E-state index is 0.0353. The summed E-state index contributed by atoms with van der Waals surface area (Å²) in [5.74, 6) is -1.07. The van der Waals surface area contributed by atoms with Crippen LogP contribution in [0.1, 0.15) is 16.8 Å². The third-order valence-electron chi connectivity index (χ3n) is 3.72. The van der Waals surface area contributed by atoms with Crippen LogP contribution in [-0.2, 0) is 4.79 Å². The molecule has 1 aromatic carbocycles. The van der Waals surface area contributed by atoms with Crippen molar-refractivity contribution in [2.75, 3.05) is 6.54 Å². The molecule has 0 bridgehead atoms. The average molecular weight is 302 g/mol. The Balaban J connectivity index is 1.81. The Labute approximate surface area is 126 Å². The molecule has 0 radical (unpaired) electrons. The monoisotopic (exact) mass is 302 g/mol. The zero-order valence-corrected chi connectivity index (χ0v) is 11.7. The highest BCUT2D eigenvalue weighted by Crippen LogP contribution is 2.23. The Morgan fingerprint density at radius 2 is 2.00 bits per heavy atom. The molecule has 114 valence electrons. The van der Waals surface area contributed by atoms with Gasteiger partial charge in [0.2, 0.25) is 5.91 Å². The first kappa shape index (κ1) is 14.2. The van der Waals surface area contributed by atoms with Crippen molar-refractivity contribution in [1.82, 2.24) is 14.7 Å². The summed E-state index contributed by atoms with van der Waals surface area (Å²) in [5, 5.41) is 4.09. The second kappa shape index (κ2) is 5.59. The topological polar surface area (TPSA) is 81.2 Å². The molecule has 2 amide bonds. The van der Waals surface area contributed by atoms with Gasteiger partial charge in [-0.1, -0.05) is 0 Å². The number of aromatic nitrogens is 2. The van der Waals surface area contributed by atoms with Crippen LogP contribution in [0.15, 0.2) is 42.7 Å². The van der Waals surface area contributed by atoms with Gasteiger partial charge >= 0.3 is 0 Å². The van der Waals surface area contributed by atoms with Gasteiger partial charge in [0.25, 0.3) is 5.91 Å². The van der Waals surface area contributed by atoms with E-state index in [-0.39, 0.29) is 13.0 Å². The highest BCUT2D eigenvalue weighted by Gasteiger charge is 2.38. The molecule has 0 saturated carbocycles. The Morgan fingerprint density at radius 1 is 1.27 bits per heavy atom. The number of likely N-dealkylation sites (tertiary alicyclic amines) is 1. The number of amides is 2. The lowest BCUT2D eigenvalue weighted by Gasteiger charge is -2.21. The lowest BCUT2D eigenvalue weighted by molar-refractivity contribution is -0.121. The van der Waals surface area contributed by atoms with E-state index in [1.54, 1.807) is 47.4 Å². The van der Waals surface area contributed by atoms with Crippen molar-refractivity contribution in [1.29, 1.82) is 0 Å². The van der Waals surface area contributed by atoms with E-state index in [9.17, 15) is 14.0 Å². The maximum atomic E-state index is 13.5. The number of carbonyl (C=O) groups is 2. The number of carbonyl (C=O) groups excluding carboxylic acids is 2. The smallest absolute Gasteiger partial charge is 0.254 e. The van der Waals surface area contributed by atoms with Gasteiger partial charge in [-0.3, -0.25) is 9.59 Å². The van der Waals surface area contributed by atoms with Crippen molar-refractivity contribution in [3.8, 4) is 5.69 Å². The Bertz CT molecular complexity index is 684. The number of benzene rings is 1. The van der Waals surface area contributed by atoms with Gasteiger partial charge in [-0.25, -0.2) is 9.07 Å². The largest absolute Gasteiger partial charge is 0.368 e. The fraction of sp³-hybridized carbons (Fsp3) is 0.267. The summed E-state index contributed by atoms with van der Waals surface area (Å²) in [6.07, 6.45) is 2.19. The van der Waals surface area contributed by atoms with Crippen LogP contribution in [0.4, 0.5) is 4.39 Å². The molecule has 6 nitrogen and oxygen atoms in total. The molecule has 2 heterocycles. The first-order valence-corrected chi connectivity index (χ1v) is 6.90. The fourth-order valence-corrected chi connectivity index (χ4v) is 2.62. The summed E-state index contributed by atoms with van der Waals surface area (Å²) in [4.78, 5) is 25.0. The van der Waals surface area contributed by atoms with E-state index in [2.05, 4.69) is 5.10 Å². The minimum atomic E-state index is -1.22. The summed E-state index contributed by atoms with van der Waals surface area (Å²) >= 11 is 0. The van der Waals surface area contributed by atoms with Crippen LogP contribution < -0.4 is 5.73 Å². The first-order valence-electron chi connectivity index (χ1n) is 6.90. The predicted octanol–water partition coefficient (Wildman–Crippen LogP) is 0.910. The van der Waals surface area contributed by atoms with E-state index < -0.39 is 24.0 Å². The SMILES string of the molecule is NC(=O)[C@@H]1C[C@@H](F)CN1C(=O)c1ccc(-n2cccn2)cc1. The second-order valence-electron chi connectivity index (χ2n) is 5.21. The first-order chi connectivity index (χ1) is 10.6. The third-order valence-corrected chi connectivity index (χ3v) is 3.72. The summed E-state index contributed by atoms with van der Waals surface area (Å²) in [6, 6.07) is 7.65. The number of hydrogen-bond donors (Lipinski definition) is 1. The van der Waals surface area contributed by atoms with Gasteiger partial charge < -0.3 is 10.6 Å². The molecule has 22 heavy (non-hydrogen) atoms. The standard InChI is InChI=1S/C15H15FN4O2/c16-11-8-13(14(17)21)19(9-11)15(22)10-2-4-12(5-3-10)20-7-1-6-18-20/h1-7,11,13H,8-9H2,(H2,17,21)/t11-,13+/m1/s1. The summed E-state index contributed by atoms with van der Waals surface area (Å²) < 4.78 is 15.2. The molecular weight excluding hydrogens is 287 g/mol. The number of alkyl halides is 1. The molecule has 1 aliphatic rings. The Kier molecular flexibility index (Phi) is 3.62. The van der Waals surface area contributed by atoms with Crippen molar-refractivity contribution < 1.29 is 14.0 Å². The Morgan fingerprint density at radius 3 is 2.59 bits per heavy atom. The van der Waals surface area contributed by atoms with Crippen molar-refractivity contribution in [3.05, 3.63) is 48.3 Å². The van der Waals surface area contributed by atoms with Gasteiger partial charge in [-0.05, 0) is 30.3 Å². The maximum Gasteiger partial charge on any atom is 0.254 e. The molecule has 0 aliphatic carbocycles. The van der Waals surface area contributed by atoms with Gasteiger partial charge in [0.1, 0.15) is 12.2 Å². The molecule has 0 spiro atoms. The van der Waals surface area contributed by atoms with Crippen LogP contribution in [0.5, 0.6) is 0 Å². The average Bonchev–Trinajstić information content (AvgIpc) is 3.16. The summed E-state index contributed by atoms with van der Waals surface area (Å²) in [7, 11) is 0. The van der Waals surface area contributed by atoms with Gasteiger partial charge in [-0.15, -0.1) is 0 Å². The van der Waals surface area contributed by atoms with Gasteiger partial charge in [0.05, 0.1) is 12.2 Å². The molecular formula is C15H15FN4O2. The van der Waals surface area contributed by atoms with Crippen molar-refractivity contribution in [2.45, 2.75) is 18.6 Å². The summed E-state index contributed by atoms with van der Waals surface area (Å²) in [5.41, 5.74) is 6.43. The molecule has 2 aromatic rings. The minimum Gasteiger partial charge on any atom is -0.368 e. The van der Waals surface area contributed by atoms with Crippen molar-refractivity contribution in [3.63, 3.8) is 0 Å². The maximum absolute atomic E-state index is 13.5. The van der Waals surface area contributed by atoms with Gasteiger partial charge in [0.15, 0.2) is 0 Å². The number of hydrogen-bond acceptors (Lipinski definition) is 3. The number of primary amides is 1. The predicted molar refractivity (Wildman–Crippen MR) is 77.1 cm³/mol. The quantitative estimate of drug-likeness (QED) is 0.915. The molecule has 2 atom stereocenters. The van der Waals surface area contributed by atoms with E-state index in [0.29, 0.717) is 5.56 Å². The molecule has 1 saturated heterocycles. The van der Waals surface area contributed by atoms with E-state index in [1.165, 1.54) is 4.90 Å². The van der Waals surface area contributed by atoms with Crippen molar-refractivity contribution in [2.24, 2.45) is 5.73 Å². The van der Waals surface area contributed by atoms with Crippen LogP contribution in [0.25, 0.3) is 5.69 Å². The van der Waals surface area contributed by atoms with Crippen LogP contribution in [0.2, 0.25) is 0 Å². The van der Waals surface area contributed by atoms with E-state index >= 15 is 0 Å². The molecule has 3 rings (SSSR count). The molecule has 0 unspecified atom stereocenters.